The fourth-order valence-corrected chi connectivity index (χ4v) is 1.59. The van der Waals surface area contributed by atoms with Crippen molar-refractivity contribution >= 4 is 11.9 Å². The highest BCUT2D eigenvalue weighted by Gasteiger charge is 1.99. The Hall–Kier alpha value is -2.59. The van der Waals surface area contributed by atoms with E-state index < -0.39 is 0 Å². The average Bonchev–Trinajstić information content (AvgIpc) is 2.45. The van der Waals surface area contributed by atoms with Crippen molar-refractivity contribution in [3.8, 4) is 11.8 Å². The Kier molecular flexibility index (Phi) is 4.31. The normalized spacial score (nSPS) is 9.95. The Morgan fingerprint density at radius 2 is 1.68 bits per heavy atom. The largest absolute Gasteiger partial charge is 0.279 e. The first-order valence-electron chi connectivity index (χ1n) is 6.10. The molecule has 1 nitrogen and oxygen atoms in total. The van der Waals surface area contributed by atoms with Gasteiger partial charge in [0.05, 0.1) is 0 Å². The third kappa shape index (κ3) is 3.97. The van der Waals surface area contributed by atoms with Crippen LogP contribution in [0.4, 0.5) is 0 Å². The number of rotatable bonds is 2. The lowest BCUT2D eigenvalue weighted by Crippen LogP contribution is -1.93. The Morgan fingerprint density at radius 1 is 1.00 bits per heavy atom. The molecule has 0 fully saturated rings. The molecule has 2 aromatic rings. The van der Waals surface area contributed by atoms with Crippen LogP contribution in [-0.4, -0.2) is 5.78 Å². The second kappa shape index (κ2) is 6.37. The Balaban J connectivity index is 2.02. The highest BCUT2D eigenvalue weighted by molar-refractivity contribution is 6.09. The molecule has 1 heteroatoms. The van der Waals surface area contributed by atoms with E-state index in [1.807, 2.05) is 55.5 Å². The molecule has 92 valence electrons. The van der Waals surface area contributed by atoms with Gasteiger partial charge in [-0.3, -0.25) is 4.79 Å². The summed E-state index contributed by atoms with van der Waals surface area (Å²) in [6.45, 7) is 1.99. The van der Waals surface area contributed by atoms with E-state index in [2.05, 4.69) is 11.8 Å². The zero-order chi connectivity index (χ0) is 13.5. The molecular weight excluding hydrogens is 232 g/mol. The number of ketones is 1. The first-order chi connectivity index (χ1) is 9.25. The van der Waals surface area contributed by atoms with Gasteiger partial charge in [0.1, 0.15) is 0 Å². The number of hydrogen-bond donors (Lipinski definition) is 0. The van der Waals surface area contributed by atoms with Gasteiger partial charge in [0.25, 0.3) is 0 Å². The maximum absolute atomic E-state index is 11.8. The molecule has 0 bridgehead atoms. The van der Waals surface area contributed by atoms with Crippen molar-refractivity contribution in [3.63, 3.8) is 0 Å². The van der Waals surface area contributed by atoms with Gasteiger partial charge in [0.15, 0.2) is 0 Å². The van der Waals surface area contributed by atoms with E-state index in [-0.39, 0.29) is 5.78 Å². The highest BCUT2D eigenvalue weighted by atomic mass is 16.1. The number of benzene rings is 2. The summed E-state index contributed by atoms with van der Waals surface area (Å²) < 4.78 is 0. The van der Waals surface area contributed by atoms with Gasteiger partial charge in [-0.1, -0.05) is 66.1 Å². The van der Waals surface area contributed by atoms with Crippen LogP contribution in [0, 0.1) is 18.8 Å². The molecule has 0 aliphatic rings. The molecule has 0 saturated heterocycles. The van der Waals surface area contributed by atoms with Crippen molar-refractivity contribution in [2.45, 2.75) is 6.92 Å². The summed E-state index contributed by atoms with van der Waals surface area (Å²) >= 11 is 0. The van der Waals surface area contributed by atoms with Crippen molar-refractivity contribution < 1.29 is 4.79 Å². The molecule has 0 aliphatic heterocycles. The van der Waals surface area contributed by atoms with Gasteiger partial charge in [-0.25, -0.2) is 0 Å². The van der Waals surface area contributed by atoms with Crippen LogP contribution in [0.25, 0.3) is 6.08 Å². The van der Waals surface area contributed by atoms with E-state index in [0.717, 1.165) is 11.1 Å². The Labute approximate surface area is 113 Å². The van der Waals surface area contributed by atoms with E-state index in [9.17, 15) is 4.79 Å². The molecule has 0 atom stereocenters. The molecular formula is C18H14O. The first-order valence-corrected chi connectivity index (χ1v) is 6.10. The smallest absolute Gasteiger partial charge is 0.236 e. The van der Waals surface area contributed by atoms with Gasteiger partial charge < -0.3 is 0 Å². The summed E-state index contributed by atoms with van der Waals surface area (Å²) in [5.41, 5.74) is 2.83. The van der Waals surface area contributed by atoms with Crippen LogP contribution >= 0.6 is 0 Å². The summed E-state index contributed by atoms with van der Waals surface area (Å²) in [5, 5.41) is 0. The van der Waals surface area contributed by atoms with Gasteiger partial charge in [-0.05, 0) is 30.6 Å². The SMILES string of the molecule is Cc1ccc(C(=O)C#C/C=C/c2ccccc2)cc1. The number of hydrogen-bond acceptors (Lipinski definition) is 1. The quantitative estimate of drug-likeness (QED) is 0.446. The van der Waals surface area contributed by atoms with E-state index in [4.69, 9.17) is 0 Å². The molecule has 0 saturated carbocycles. The number of Topliss-reactive ketones (excluding diaryl/α,β-unsaturated/α-hetero) is 1. The molecule has 0 aromatic heterocycles. The standard InChI is InChI=1S/C18H14O/c1-15-11-13-17(14-12-15)18(19)10-6-5-9-16-7-3-2-4-8-16/h2-5,7-9,11-14H,1H3/b9-5+. The first kappa shape index (κ1) is 12.9. The molecule has 2 rings (SSSR count). The molecule has 0 aliphatic carbocycles. The van der Waals surface area contributed by atoms with Gasteiger partial charge in [-0.2, -0.15) is 0 Å². The van der Waals surface area contributed by atoms with Crippen LogP contribution < -0.4 is 0 Å². The van der Waals surface area contributed by atoms with Crippen LogP contribution in [0.15, 0.2) is 60.7 Å². The van der Waals surface area contributed by atoms with Crippen molar-refractivity contribution in [3.05, 3.63) is 77.4 Å². The molecule has 2 aromatic carbocycles. The van der Waals surface area contributed by atoms with E-state index in [1.165, 1.54) is 0 Å². The van der Waals surface area contributed by atoms with Gasteiger partial charge >= 0.3 is 0 Å². The van der Waals surface area contributed by atoms with Crippen molar-refractivity contribution in [2.75, 3.05) is 0 Å². The van der Waals surface area contributed by atoms with E-state index in [0.29, 0.717) is 5.56 Å². The Morgan fingerprint density at radius 3 is 2.37 bits per heavy atom. The van der Waals surface area contributed by atoms with Gasteiger partial charge in [0, 0.05) is 5.56 Å². The number of aryl methyl sites for hydroxylation is 1. The number of allylic oxidation sites excluding steroid dienone is 1. The fourth-order valence-electron chi connectivity index (χ4n) is 1.59. The van der Waals surface area contributed by atoms with Gasteiger partial charge in [0.2, 0.25) is 5.78 Å². The average molecular weight is 246 g/mol. The topological polar surface area (TPSA) is 17.1 Å². The number of carbonyl (C=O) groups is 1. The third-order valence-electron chi connectivity index (χ3n) is 2.66. The molecule has 19 heavy (non-hydrogen) atoms. The predicted octanol–water partition coefficient (Wildman–Crippen LogP) is 3.89. The lowest BCUT2D eigenvalue weighted by molar-refractivity contribution is 0.105. The predicted molar refractivity (Wildman–Crippen MR) is 78.8 cm³/mol. The van der Waals surface area contributed by atoms with Crippen molar-refractivity contribution in [1.29, 1.82) is 0 Å². The lowest BCUT2D eigenvalue weighted by Gasteiger charge is -1.94. The van der Waals surface area contributed by atoms with Crippen LogP contribution in [0.2, 0.25) is 0 Å². The summed E-state index contributed by atoms with van der Waals surface area (Å²) in [5.74, 6) is 5.22. The number of carbonyl (C=O) groups excluding carboxylic acids is 1. The van der Waals surface area contributed by atoms with E-state index in [1.54, 1.807) is 18.2 Å². The molecule has 0 unspecified atom stereocenters. The molecule has 0 radical (unpaired) electrons. The van der Waals surface area contributed by atoms with Gasteiger partial charge in [-0.15, -0.1) is 0 Å². The minimum absolute atomic E-state index is 0.155. The summed E-state index contributed by atoms with van der Waals surface area (Å²) in [6, 6.07) is 17.3. The summed E-state index contributed by atoms with van der Waals surface area (Å²) in [4.78, 5) is 11.8. The second-order valence-corrected chi connectivity index (χ2v) is 4.21. The van der Waals surface area contributed by atoms with Crippen molar-refractivity contribution in [1.82, 2.24) is 0 Å². The fraction of sp³-hybridized carbons (Fsp3) is 0.0556. The summed E-state index contributed by atoms with van der Waals surface area (Å²) in [6.07, 6.45) is 3.58. The molecule has 0 N–H and O–H groups in total. The highest BCUT2D eigenvalue weighted by Crippen LogP contribution is 2.03. The molecule has 0 amide bonds. The zero-order valence-corrected chi connectivity index (χ0v) is 10.8. The maximum Gasteiger partial charge on any atom is 0.236 e. The molecule has 0 heterocycles. The van der Waals surface area contributed by atoms with Crippen LogP contribution in [0.3, 0.4) is 0 Å². The molecule has 0 spiro atoms. The van der Waals surface area contributed by atoms with Crippen LogP contribution in [0.5, 0.6) is 0 Å². The Bertz CT molecular complexity index is 638. The van der Waals surface area contributed by atoms with E-state index >= 15 is 0 Å². The minimum atomic E-state index is -0.155. The minimum Gasteiger partial charge on any atom is -0.279 e. The van der Waals surface area contributed by atoms with Crippen molar-refractivity contribution in [2.24, 2.45) is 0 Å². The van der Waals surface area contributed by atoms with Crippen LogP contribution in [0.1, 0.15) is 21.5 Å². The third-order valence-corrected chi connectivity index (χ3v) is 2.66. The maximum atomic E-state index is 11.8. The monoisotopic (exact) mass is 246 g/mol. The zero-order valence-electron chi connectivity index (χ0n) is 10.8. The second-order valence-electron chi connectivity index (χ2n) is 4.21. The van der Waals surface area contributed by atoms with Crippen LogP contribution in [-0.2, 0) is 0 Å². The lowest BCUT2D eigenvalue weighted by atomic mass is 10.1. The summed E-state index contributed by atoms with van der Waals surface area (Å²) in [7, 11) is 0.